The maximum atomic E-state index is 12.8. The molecule has 6 nitrogen and oxygen atoms in total. The average molecular weight is 484 g/mol. The van der Waals surface area contributed by atoms with Gasteiger partial charge in [0.25, 0.3) is 5.91 Å². The molecule has 1 fully saturated rings. The fourth-order valence-electron chi connectivity index (χ4n) is 3.15. The SMILES string of the molecule is CSc1ncccc1C(=O)N1CCC(CNS(=O)(=O)c2ccc(Br)cc2)CC1. The van der Waals surface area contributed by atoms with Crippen LogP contribution in [-0.4, -0.2) is 50.1 Å². The highest BCUT2D eigenvalue weighted by Crippen LogP contribution is 2.23. The minimum atomic E-state index is -3.52. The highest BCUT2D eigenvalue weighted by atomic mass is 79.9. The van der Waals surface area contributed by atoms with Crippen LogP contribution in [-0.2, 0) is 10.0 Å². The van der Waals surface area contributed by atoms with Crippen LogP contribution in [0.5, 0.6) is 0 Å². The summed E-state index contributed by atoms with van der Waals surface area (Å²) < 4.78 is 28.4. The number of benzene rings is 1. The lowest BCUT2D eigenvalue weighted by Crippen LogP contribution is -2.41. The summed E-state index contributed by atoms with van der Waals surface area (Å²) in [7, 11) is -3.52. The first-order valence-electron chi connectivity index (χ1n) is 8.94. The van der Waals surface area contributed by atoms with Gasteiger partial charge in [0.15, 0.2) is 0 Å². The minimum Gasteiger partial charge on any atom is -0.339 e. The summed E-state index contributed by atoms with van der Waals surface area (Å²) >= 11 is 4.76. The van der Waals surface area contributed by atoms with E-state index in [-0.39, 0.29) is 16.7 Å². The summed E-state index contributed by atoms with van der Waals surface area (Å²) in [6, 6.07) is 10.1. The summed E-state index contributed by atoms with van der Waals surface area (Å²) in [4.78, 5) is 19.1. The number of carbonyl (C=O) groups excluding carboxylic acids is 1. The number of nitrogens with one attached hydrogen (secondary N) is 1. The highest BCUT2D eigenvalue weighted by Gasteiger charge is 2.26. The van der Waals surface area contributed by atoms with Gasteiger partial charge in [-0.3, -0.25) is 4.79 Å². The first-order chi connectivity index (χ1) is 13.4. The molecule has 1 saturated heterocycles. The van der Waals surface area contributed by atoms with Gasteiger partial charge in [-0.2, -0.15) is 0 Å². The van der Waals surface area contributed by atoms with Gasteiger partial charge in [0.2, 0.25) is 10.0 Å². The van der Waals surface area contributed by atoms with E-state index in [1.165, 1.54) is 11.8 Å². The molecule has 1 N–H and O–H groups in total. The monoisotopic (exact) mass is 483 g/mol. The van der Waals surface area contributed by atoms with Gasteiger partial charge in [0.1, 0.15) is 5.03 Å². The second-order valence-corrected chi connectivity index (χ2v) is 10.1. The van der Waals surface area contributed by atoms with E-state index >= 15 is 0 Å². The van der Waals surface area contributed by atoms with Crippen molar-refractivity contribution in [3.63, 3.8) is 0 Å². The number of amides is 1. The predicted octanol–water partition coefficient (Wildman–Crippen LogP) is 3.40. The van der Waals surface area contributed by atoms with Crippen molar-refractivity contribution in [3.8, 4) is 0 Å². The van der Waals surface area contributed by atoms with E-state index in [0.717, 1.165) is 22.3 Å². The second kappa shape index (κ2) is 9.39. The number of rotatable bonds is 6. The van der Waals surface area contributed by atoms with Crippen molar-refractivity contribution in [1.82, 2.24) is 14.6 Å². The van der Waals surface area contributed by atoms with Crippen molar-refractivity contribution in [2.75, 3.05) is 25.9 Å². The number of pyridine rings is 1. The standard InChI is InChI=1S/C19H22BrN3O3S2/c1-27-18-17(3-2-10-21-18)19(24)23-11-8-14(9-12-23)13-22-28(25,26)16-6-4-15(20)5-7-16/h2-7,10,14,22H,8-9,11-13H2,1H3. The fourth-order valence-corrected chi connectivity index (χ4v) is 5.07. The Labute approximate surface area is 178 Å². The summed E-state index contributed by atoms with van der Waals surface area (Å²) in [5, 5.41) is 0.733. The van der Waals surface area contributed by atoms with Gasteiger partial charge in [-0.05, 0) is 61.4 Å². The Morgan fingerprint density at radius 3 is 2.57 bits per heavy atom. The number of thioether (sulfide) groups is 1. The summed E-state index contributed by atoms with van der Waals surface area (Å²) in [5.41, 5.74) is 0.629. The van der Waals surface area contributed by atoms with Gasteiger partial charge in [-0.25, -0.2) is 18.1 Å². The molecule has 1 aromatic heterocycles. The molecule has 0 unspecified atom stereocenters. The van der Waals surface area contributed by atoms with Gasteiger partial charge in [-0.15, -0.1) is 11.8 Å². The van der Waals surface area contributed by atoms with Gasteiger partial charge >= 0.3 is 0 Å². The lowest BCUT2D eigenvalue weighted by molar-refractivity contribution is 0.0687. The Hall–Kier alpha value is -1.42. The number of carbonyl (C=O) groups is 1. The molecule has 2 aromatic rings. The summed E-state index contributed by atoms with van der Waals surface area (Å²) in [6.45, 7) is 1.61. The molecule has 1 aliphatic rings. The smallest absolute Gasteiger partial charge is 0.256 e. The van der Waals surface area contributed by atoms with Crippen molar-refractivity contribution in [1.29, 1.82) is 0 Å². The molecular weight excluding hydrogens is 462 g/mol. The van der Waals surface area contributed by atoms with Crippen LogP contribution in [0.2, 0.25) is 0 Å². The van der Waals surface area contributed by atoms with E-state index in [0.29, 0.717) is 25.2 Å². The third-order valence-corrected chi connectivity index (χ3v) is 7.46. The summed E-state index contributed by atoms with van der Waals surface area (Å²) in [5.74, 6) is 0.203. The number of halogens is 1. The van der Waals surface area contributed by atoms with Crippen LogP contribution in [0.1, 0.15) is 23.2 Å². The molecule has 0 radical (unpaired) electrons. The molecule has 1 amide bonds. The molecule has 1 aliphatic heterocycles. The average Bonchev–Trinajstić information content (AvgIpc) is 2.72. The lowest BCUT2D eigenvalue weighted by atomic mass is 9.97. The molecule has 0 bridgehead atoms. The Morgan fingerprint density at radius 2 is 1.93 bits per heavy atom. The molecular formula is C19H22BrN3O3S2. The van der Waals surface area contributed by atoms with Crippen LogP contribution < -0.4 is 4.72 Å². The van der Waals surface area contributed by atoms with Crippen LogP contribution >= 0.6 is 27.7 Å². The second-order valence-electron chi connectivity index (χ2n) is 6.60. The molecule has 0 atom stereocenters. The zero-order valence-electron chi connectivity index (χ0n) is 15.5. The van der Waals surface area contributed by atoms with E-state index in [4.69, 9.17) is 0 Å². The Bertz CT molecular complexity index is 928. The molecule has 0 aliphatic carbocycles. The molecule has 9 heteroatoms. The number of sulfonamides is 1. The van der Waals surface area contributed by atoms with Crippen molar-refractivity contribution in [2.45, 2.75) is 22.8 Å². The van der Waals surface area contributed by atoms with Crippen LogP contribution in [0.4, 0.5) is 0 Å². The van der Waals surface area contributed by atoms with E-state index in [1.807, 2.05) is 11.2 Å². The lowest BCUT2D eigenvalue weighted by Gasteiger charge is -2.32. The molecule has 1 aromatic carbocycles. The number of piperidine rings is 1. The van der Waals surface area contributed by atoms with E-state index in [2.05, 4.69) is 25.6 Å². The van der Waals surface area contributed by atoms with Gasteiger partial charge in [0, 0.05) is 30.3 Å². The largest absolute Gasteiger partial charge is 0.339 e. The first-order valence-corrected chi connectivity index (χ1v) is 12.4. The van der Waals surface area contributed by atoms with E-state index in [9.17, 15) is 13.2 Å². The third kappa shape index (κ3) is 5.14. The number of hydrogen-bond acceptors (Lipinski definition) is 5. The molecule has 2 heterocycles. The van der Waals surface area contributed by atoms with Crippen molar-refractivity contribution in [3.05, 3.63) is 52.6 Å². The zero-order chi connectivity index (χ0) is 20.1. The van der Waals surface area contributed by atoms with Gasteiger partial charge in [-0.1, -0.05) is 15.9 Å². The van der Waals surface area contributed by atoms with E-state index < -0.39 is 10.0 Å². The highest BCUT2D eigenvalue weighted by molar-refractivity contribution is 9.10. The minimum absolute atomic E-state index is 0.00802. The van der Waals surface area contributed by atoms with E-state index in [1.54, 1.807) is 42.6 Å². The maximum Gasteiger partial charge on any atom is 0.256 e. The molecule has 150 valence electrons. The molecule has 28 heavy (non-hydrogen) atoms. The number of nitrogens with zero attached hydrogens (tertiary/aromatic N) is 2. The van der Waals surface area contributed by atoms with Gasteiger partial charge in [0.05, 0.1) is 10.5 Å². The summed E-state index contributed by atoms with van der Waals surface area (Å²) in [6.07, 6.45) is 5.13. The van der Waals surface area contributed by atoms with Crippen LogP contribution in [0, 0.1) is 5.92 Å². The topological polar surface area (TPSA) is 79.4 Å². The van der Waals surface area contributed by atoms with Crippen LogP contribution in [0.3, 0.4) is 0 Å². The van der Waals surface area contributed by atoms with Crippen molar-refractivity contribution in [2.24, 2.45) is 5.92 Å². The third-order valence-electron chi connectivity index (χ3n) is 4.78. The number of hydrogen-bond donors (Lipinski definition) is 1. The zero-order valence-corrected chi connectivity index (χ0v) is 18.7. The number of aromatic nitrogens is 1. The Kier molecular flexibility index (Phi) is 7.14. The normalized spacial score (nSPS) is 15.6. The predicted molar refractivity (Wildman–Crippen MR) is 114 cm³/mol. The van der Waals surface area contributed by atoms with Gasteiger partial charge < -0.3 is 4.90 Å². The quantitative estimate of drug-likeness (QED) is 0.636. The fraction of sp³-hybridized carbons (Fsp3) is 0.368. The van der Waals surface area contributed by atoms with Crippen molar-refractivity contribution >= 4 is 43.6 Å². The van der Waals surface area contributed by atoms with Crippen molar-refractivity contribution < 1.29 is 13.2 Å². The molecule has 0 spiro atoms. The van der Waals surface area contributed by atoms with Crippen LogP contribution in [0.25, 0.3) is 0 Å². The van der Waals surface area contributed by atoms with Crippen LogP contribution in [0.15, 0.2) is 57.0 Å². The molecule has 0 saturated carbocycles. The Balaban J connectivity index is 1.54. The maximum absolute atomic E-state index is 12.8. The molecule has 3 rings (SSSR count). The first kappa shape index (κ1) is 21.3. The Morgan fingerprint density at radius 1 is 1.25 bits per heavy atom. The number of likely N-dealkylation sites (tertiary alicyclic amines) is 1.